The Kier molecular flexibility index (Phi) is 5.00. The lowest BCUT2D eigenvalue weighted by Gasteiger charge is -2.35. The Labute approximate surface area is 127 Å². The van der Waals surface area contributed by atoms with Crippen molar-refractivity contribution in [1.82, 2.24) is 4.90 Å². The number of hydrogen-bond donors (Lipinski definition) is 0. The number of nitrogens with zero attached hydrogens (tertiary/aromatic N) is 1. The van der Waals surface area contributed by atoms with Gasteiger partial charge in [0.05, 0.1) is 10.5 Å². The first-order valence-corrected chi connectivity index (χ1v) is 8.44. The van der Waals surface area contributed by atoms with Crippen molar-refractivity contribution < 1.29 is 22.0 Å². The van der Waals surface area contributed by atoms with Crippen LogP contribution in [0, 0.1) is 11.6 Å². The minimum atomic E-state index is -4.39. The lowest BCUT2D eigenvalue weighted by Crippen LogP contribution is -2.44. The van der Waals surface area contributed by atoms with Crippen molar-refractivity contribution in [1.29, 1.82) is 0 Å². The van der Waals surface area contributed by atoms with Crippen LogP contribution >= 0.6 is 10.7 Å². The second kappa shape index (κ2) is 5.88. The smallest absolute Gasteiger partial charge is 0.262 e. The Morgan fingerprint density at radius 3 is 2.19 bits per heavy atom. The van der Waals surface area contributed by atoms with Gasteiger partial charge in [-0.2, -0.15) is 0 Å². The number of hydrogen-bond acceptors (Lipinski definition) is 3. The summed E-state index contributed by atoms with van der Waals surface area (Å²) >= 11 is 0. The maximum absolute atomic E-state index is 13.4. The molecule has 1 rings (SSSR count). The van der Waals surface area contributed by atoms with E-state index in [0.717, 1.165) is 0 Å². The van der Waals surface area contributed by atoms with Crippen molar-refractivity contribution in [2.24, 2.45) is 0 Å². The van der Waals surface area contributed by atoms with Gasteiger partial charge in [0.1, 0.15) is 0 Å². The summed E-state index contributed by atoms with van der Waals surface area (Å²) in [4.78, 5) is 12.9. The van der Waals surface area contributed by atoms with E-state index in [2.05, 4.69) is 0 Å². The fourth-order valence-electron chi connectivity index (χ4n) is 1.59. The number of rotatable bonds is 4. The summed E-state index contributed by atoms with van der Waals surface area (Å²) in [5.74, 6) is -3.45. The Hall–Kier alpha value is -1.21. The van der Waals surface area contributed by atoms with Gasteiger partial charge in [-0.05, 0) is 32.4 Å². The molecule has 0 aliphatic carbocycles. The van der Waals surface area contributed by atoms with E-state index in [0.29, 0.717) is 18.6 Å². The van der Waals surface area contributed by atoms with Gasteiger partial charge >= 0.3 is 0 Å². The van der Waals surface area contributed by atoms with Crippen molar-refractivity contribution in [2.45, 2.75) is 37.6 Å². The van der Waals surface area contributed by atoms with E-state index in [4.69, 9.17) is 10.7 Å². The monoisotopic (exact) mass is 339 g/mol. The molecule has 0 bridgehead atoms. The molecular formula is C13H16ClF2NO3S. The van der Waals surface area contributed by atoms with Gasteiger partial charge in [-0.1, -0.05) is 6.92 Å². The van der Waals surface area contributed by atoms with Crippen LogP contribution in [0.5, 0.6) is 0 Å². The molecule has 4 nitrogen and oxygen atoms in total. The van der Waals surface area contributed by atoms with E-state index in [1.165, 1.54) is 11.9 Å². The van der Waals surface area contributed by atoms with E-state index in [-0.39, 0.29) is 0 Å². The van der Waals surface area contributed by atoms with E-state index < -0.39 is 42.6 Å². The minimum Gasteiger partial charge on any atom is -0.337 e. The molecule has 21 heavy (non-hydrogen) atoms. The predicted octanol–water partition coefficient (Wildman–Crippen LogP) is 3.15. The molecule has 0 atom stereocenters. The molecule has 0 heterocycles. The molecule has 0 N–H and O–H groups in total. The summed E-state index contributed by atoms with van der Waals surface area (Å²) in [6, 6.07) is 0.965. The fourth-order valence-corrected chi connectivity index (χ4v) is 2.63. The van der Waals surface area contributed by atoms with Crippen molar-refractivity contribution in [3.8, 4) is 0 Å². The van der Waals surface area contributed by atoms with Crippen molar-refractivity contribution in [2.75, 3.05) is 7.05 Å². The molecule has 0 aliphatic heterocycles. The Bertz CT molecular complexity index is 674. The zero-order chi connectivity index (χ0) is 16.6. The van der Waals surface area contributed by atoms with Crippen LogP contribution in [0.1, 0.15) is 37.6 Å². The topological polar surface area (TPSA) is 54.5 Å². The normalized spacial score (nSPS) is 12.3. The summed E-state index contributed by atoms with van der Waals surface area (Å²) in [5, 5.41) is 0. The minimum absolute atomic E-state index is 0.414. The third-order valence-corrected chi connectivity index (χ3v) is 4.96. The average molecular weight is 340 g/mol. The average Bonchev–Trinajstić information content (AvgIpc) is 2.38. The summed E-state index contributed by atoms with van der Waals surface area (Å²) in [6.07, 6.45) is 0.585. The highest BCUT2D eigenvalue weighted by atomic mass is 35.7. The maximum atomic E-state index is 13.4. The quantitative estimate of drug-likeness (QED) is 0.792. The molecule has 0 aliphatic rings. The standard InChI is InChI=1S/C13H16ClF2NO3S/c1-5-13(2,3)17(4)12(18)8-6-9(15)10(16)7-11(8)21(14,19)20/h6-7H,5H2,1-4H3. The van der Waals surface area contributed by atoms with Gasteiger partial charge < -0.3 is 4.90 Å². The molecule has 0 saturated heterocycles. The molecule has 0 aromatic heterocycles. The summed E-state index contributed by atoms with van der Waals surface area (Å²) in [5.41, 5.74) is -1.08. The second-order valence-corrected chi connectivity index (χ2v) is 7.76. The summed E-state index contributed by atoms with van der Waals surface area (Å²) < 4.78 is 49.5. The third-order valence-electron chi connectivity index (χ3n) is 3.59. The Morgan fingerprint density at radius 2 is 1.76 bits per heavy atom. The molecule has 0 unspecified atom stereocenters. The highest BCUT2D eigenvalue weighted by molar-refractivity contribution is 8.13. The van der Waals surface area contributed by atoms with E-state index >= 15 is 0 Å². The number of halogens is 3. The van der Waals surface area contributed by atoms with E-state index in [9.17, 15) is 22.0 Å². The zero-order valence-electron chi connectivity index (χ0n) is 12.1. The van der Waals surface area contributed by atoms with Crippen LogP contribution < -0.4 is 0 Å². The predicted molar refractivity (Wildman–Crippen MR) is 75.9 cm³/mol. The van der Waals surface area contributed by atoms with Crippen LogP contribution in [-0.2, 0) is 9.05 Å². The molecule has 1 aromatic carbocycles. The molecule has 1 amide bonds. The zero-order valence-corrected chi connectivity index (χ0v) is 13.6. The van der Waals surface area contributed by atoms with Gasteiger partial charge in [0.25, 0.3) is 15.0 Å². The van der Waals surface area contributed by atoms with Gasteiger partial charge in [-0.15, -0.1) is 0 Å². The van der Waals surface area contributed by atoms with Gasteiger partial charge in [0.2, 0.25) is 0 Å². The lowest BCUT2D eigenvalue weighted by atomic mass is 9.99. The molecule has 1 aromatic rings. The van der Waals surface area contributed by atoms with Crippen LogP contribution in [0.25, 0.3) is 0 Å². The van der Waals surface area contributed by atoms with Gasteiger partial charge in [-0.3, -0.25) is 4.79 Å². The van der Waals surface area contributed by atoms with Gasteiger partial charge in [0.15, 0.2) is 11.6 Å². The van der Waals surface area contributed by atoms with Crippen LogP contribution in [-0.4, -0.2) is 31.8 Å². The Balaban J connectivity index is 3.50. The first-order chi connectivity index (χ1) is 9.41. The number of benzene rings is 1. The summed E-state index contributed by atoms with van der Waals surface area (Å²) in [7, 11) is 2.27. The highest BCUT2D eigenvalue weighted by Crippen LogP contribution is 2.27. The van der Waals surface area contributed by atoms with Crippen molar-refractivity contribution >= 4 is 25.6 Å². The van der Waals surface area contributed by atoms with E-state index in [1.54, 1.807) is 13.8 Å². The first kappa shape index (κ1) is 17.8. The van der Waals surface area contributed by atoms with Crippen LogP contribution in [0.4, 0.5) is 8.78 Å². The van der Waals surface area contributed by atoms with Gasteiger partial charge in [-0.25, -0.2) is 17.2 Å². The molecule has 0 radical (unpaired) electrons. The maximum Gasteiger partial charge on any atom is 0.262 e. The third kappa shape index (κ3) is 3.71. The molecular weight excluding hydrogens is 324 g/mol. The van der Waals surface area contributed by atoms with Crippen LogP contribution in [0.2, 0.25) is 0 Å². The summed E-state index contributed by atoms with van der Waals surface area (Å²) in [6.45, 7) is 5.37. The highest BCUT2D eigenvalue weighted by Gasteiger charge is 2.31. The number of carbonyl (C=O) groups is 1. The van der Waals surface area contributed by atoms with E-state index in [1.807, 2.05) is 6.92 Å². The molecule has 0 spiro atoms. The van der Waals surface area contributed by atoms with Crippen LogP contribution in [0.15, 0.2) is 17.0 Å². The molecule has 0 fully saturated rings. The first-order valence-electron chi connectivity index (χ1n) is 6.13. The largest absolute Gasteiger partial charge is 0.337 e. The number of carbonyl (C=O) groups excluding carboxylic acids is 1. The van der Waals surface area contributed by atoms with Crippen molar-refractivity contribution in [3.05, 3.63) is 29.3 Å². The van der Waals surface area contributed by atoms with Crippen molar-refractivity contribution in [3.63, 3.8) is 0 Å². The molecule has 118 valence electrons. The lowest BCUT2D eigenvalue weighted by molar-refractivity contribution is 0.0615. The Morgan fingerprint density at radius 1 is 1.29 bits per heavy atom. The fraction of sp³-hybridized carbons (Fsp3) is 0.462. The second-order valence-electron chi connectivity index (χ2n) is 5.23. The van der Waals surface area contributed by atoms with Gasteiger partial charge in [0, 0.05) is 23.3 Å². The van der Waals surface area contributed by atoms with Crippen LogP contribution in [0.3, 0.4) is 0 Å². The molecule has 8 heteroatoms. The number of amides is 1. The SMILES string of the molecule is CCC(C)(C)N(C)C(=O)c1cc(F)c(F)cc1S(=O)(=O)Cl. The molecule has 0 saturated carbocycles.